The molecule has 0 saturated carbocycles. The van der Waals surface area contributed by atoms with E-state index in [2.05, 4.69) is 35.6 Å². The van der Waals surface area contributed by atoms with Gasteiger partial charge in [-0.15, -0.1) is 0 Å². The average molecular weight is 382 g/mol. The number of rotatable bonds is 5. The van der Waals surface area contributed by atoms with E-state index < -0.39 is 0 Å². The van der Waals surface area contributed by atoms with Crippen molar-refractivity contribution in [3.63, 3.8) is 0 Å². The van der Waals surface area contributed by atoms with Crippen molar-refractivity contribution in [1.82, 2.24) is 30.1 Å². The summed E-state index contributed by atoms with van der Waals surface area (Å²) in [7, 11) is 0. The fourth-order valence-corrected chi connectivity index (χ4v) is 3.10. The minimum atomic E-state index is 0.590. The first-order valence-corrected chi connectivity index (χ1v) is 9.17. The molecule has 5 aromatic rings. The number of benzene rings is 2. The zero-order chi connectivity index (χ0) is 19.6. The van der Waals surface area contributed by atoms with Gasteiger partial charge in [0.15, 0.2) is 11.6 Å². The van der Waals surface area contributed by atoms with Crippen LogP contribution < -0.4 is 10.4 Å². The molecule has 3 heterocycles. The largest absolute Gasteiger partial charge is 0.323 e. The number of aromatic nitrogens is 6. The molecule has 3 N–H and O–H groups in total. The summed E-state index contributed by atoms with van der Waals surface area (Å²) in [6.45, 7) is 1.92. The summed E-state index contributed by atoms with van der Waals surface area (Å²) < 4.78 is 0. The van der Waals surface area contributed by atoms with Gasteiger partial charge in [0, 0.05) is 17.8 Å². The SMILES string of the molecule is Cc1cc(N(Nc2nc3ccccc3[nH]2)c2cc(-c3ccccc3)[nH]n2)ncn1. The Morgan fingerprint density at radius 2 is 1.72 bits per heavy atom. The van der Waals surface area contributed by atoms with E-state index in [4.69, 9.17) is 0 Å². The van der Waals surface area contributed by atoms with Gasteiger partial charge < -0.3 is 4.98 Å². The number of hydrogen-bond donors (Lipinski definition) is 3. The molecule has 0 atom stereocenters. The van der Waals surface area contributed by atoms with E-state index in [9.17, 15) is 0 Å². The van der Waals surface area contributed by atoms with E-state index in [1.54, 1.807) is 5.01 Å². The van der Waals surface area contributed by atoms with Crippen LogP contribution in [0.4, 0.5) is 17.6 Å². The van der Waals surface area contributed by atoms with Crippen LogP contribution in [-0.2, 0) is 0 Å². The lowest BCUT2D eigenvalue weighted by Crippen LogP contribution is -2.26. The average Bonchev–Trinajstić information content (AvgIpc) is 3.39. The fraction of sp³-hybridized carbons (Fsp3) is 0.0476. The first kappa shape index (κ1) is 16.9. The highest BCUT2D eigenvalue weighted by Gasteiger charge is 2.17. The van der Waals surface area contributed by atoms with Crippen LogP contribution in [0.5, 0.6) is 0 Å². The summed E-state index contributed by atoms with van der Waals surface area (Å²) in [6.07, 6.45) is 1.53. The number of anilines is 3. The van der Waals surface area contributed by atoms with E-state index in [1.165, 1.54) is 6.33 Å². The highest BCUT2D eigenvalue weighted by Crippen LogP contribution is 2.27. The minimum Gasteiger partial charge on any atom is -0.323 e. The molecule has 8 nitrogen and oxygen atoms in total. The Balaban J connectivity index is 1.54. The van der Waals surface area contributed by atoms with Crippen molar-refractivity contribution in [2.45, 2.75) is 6.92 Å². The van der Waals surface area contributed by atoms with Crippen molar-refractivity contribution in [2.24, 2.45) is 0 Å². The molecular formula is C21H18N8. The molecule has 0 radical (unpaired) electrons. The number of para-hydroxylation sites is 2. The smallest absolute Gasteiger partial charge is 0.220 e. The molecule has 0 spiro atoms. The first-order valence-electron chi connectivity index (χ1n) is 9.17. The van der Waals surface area contributed by atoms with Crippen LogP contribution >= 0.6 is 0 Å². The molecule has 0 saturated heterocycles. The molecule has 0 aliphatic heterocycles. The molecule has 8 heteroatoms. The summed E-state index contributed by atoms with van der Waals surface area (Å²) >= 11 is 0. The standard InChI is InChI=1S/C21H18N8/c1-14-11-19(23-13-22-14)29(28-21-24-16-9-5-6-10-17(16)25-21)20-12-18(26-27-20)15-7-3-2-4-8-15/h2-13H,1H3,(H,26,27)(H2,24,25,28). The van der Waals surface area contributed by atoms with Gasteiger partial charge in [0.2, 0.25) is 5.95 Å². The molecule has 0 fully saturated rings. The maximum Gasteiger partial charge on any atom is 0.220 e. The lowest BCUT2D eigenvalue weighted by molar-refractivity contribution is 0.977. The van der Waals surface area contributed by atoms with Crippen molar-refractivity contribution in [2.75, 3.05) is 10.4 Å². The Hall–Kier alpha value is -4.20. The van der Waals surface area contributed by atoms with Crippen LogP contribution in [0.15, 0.2) is 73.1 Å². The van der Waals surface area contributed by atoms with Crippen molar-refractivity contribution in [1.29, 1.82) is 0 Å². The molecule has 29 heavy (non-hydrogen) atoms. The molecule has 0 bridgehead atoms. The van der Waals surface area contributed by atoms with Gasteiger partial charge in [-0.3, -0.25) is 10.5 Å². The van der Waals surface area contributed by atoms with Crippen LogP contribution in [0.1, 0.15) is 5.69 Å². The number of aromatic amines is 2. The van der Waals surface area contributed by atoms with Crippen LogP contribution in [0.3, 0.4) is 0 Å². The van der Waals surface area contributed by atoms with E-state index in [0.29, 0.717) is 17.6 Å². The van der Waals surface area contributed by atoms with Crippen molar-refractivity contribution >= 4 is 28.6 Å². The van der Waals surface area contributed by atoms with Crippen LogP contribution in [0, 0.1) is 6.92 Å². The highest BCUT2D eigenvalue weighted by atomic mass is 15.6. The quantitative estimate of drug-likeness (QED) is 0.394. The summed E-state index contributed by atoms with van der Waals surface area (Å²) in [5.41, 5.74) is 7.92. The second-order valence-corrected chi connectivity index (χ2v) is 6.57. The van der Waals surface area contributed by atoms with Gasteiger partial charge >= 0.3 is 0 Å². The maximum absolute atomic E-state index is 4.60. The molecule has 142 valence electrons. The van der Waals surface area contributed by atoms with Gasteiger partial charge in [-0.25, -0.2) is 20.0 Å². The molecule has 0 aliphatic carbocycles. The number of H-pyrrole nitrogens is 2. The molecule has 0 aliphatic rings. The Morgan fingerprint density at radius 3 is 2.55 bits per heavy atom. The number of hydrazine groups is 1. The lowest BCUT2D eigenvalue weighted by Gasteiger charge is -2.21. The lowest BCUT2D eigenvalue weighted by atomic mass is 10.1. The van der Waals surface area contributed by atoms with Gasteiger partial charge in [-0.1, -0.05) is 42.5 Å². The Bertz CT molecular complexity index is 1220. The second kappa shape index (κ2) is 7.08. The molecule has 0 unspecified atom stereocenters. The predicted octanol–water partition coefficient (Wildman–Crippen LogP) is 4.22. The van der Waals surface area contributed by atoms with E-state index >= 15 is 0 Å². The molecule has 2 aromatic carbocycles. The molecule has 3 aromatic heterocycles. The van der Waals surface area contributed by atoms with Crippen molar-refractivity contribution in [3.05, 3.63) is 78.8 Å². The number of aryl methyl sites for hydroxylation is 1. The third-order valence-electron chi connectivity index (χ3n) is 4.50. The molecule has 0 amide bonds. The van der Waals surface area contributed by atoms with Crippen LogP contribution in [0.25, 0.3) is 22.3 Å². The van der Waals surface area contributed by atoms with Crippen molar-refractivity contribution < 1.29 is 0 Å². The maximum atomic E-state index is 4.60. The number of fused-ring (bicyclic) bond motifs is 1. The van der Waals surface area contributed by atoms with Gasteiger partial charge in [-0.2, -0.15) is 5.10 Å². The van der Waals surface area contributed by atoms with Gasteiger partial charge in [0.05, 0.1) is 16.7 Å². The second-order valence-electron chi connectivity index (χ2n) is 6.57. The molecule has 5 rings (SSSR count). The Morgan fingerprint density at radius 1 is 0.897 bits per heavy atom. The summed E-state index contributed by atoms with van der Waals surface area (Å²) in [5, 5.41) is 9.35. The van der Waals surface area contributed by atoms with Crippen molar-refractivity contribution in [3.8, 4) is 11.3 Å². The Labute approximate surface area is 166 Å². The summed E-state index contributed by atoms with van der Waals surface area (Å²) in [5.74, 6) is 1.90. The van der Waals surface area contributed by atoms with E-state index in [0.717, 1.165) is 28.0 Å². The highest BCUT2D eigenvalue weighted by molar-refractivity contribution is 5.78. The van der Waals surface area contributed by atoms with Gasteiger partial charge in [0.25, 0.3) is 0 Å². The van der Waals surface area contributed by atoms with Crippen LogP contribution in [-0.4, -0.2) is 30.1 Å². The normalized spacial score (nSPS) is 10.9. The van der Waals surface area contributed by atoms with Crippen LogP contribution in [0.2, 0.25) is 0 Å². The topological polar surface area (TPSA) is 98.4 Å². The number of hydrogen-bond acceptors (Lipinski definition) is 6. The van der Waals surface area contributed by atoms with E-state index in [1.807, 2.05) is 73.7 Å². The molecular weight excluding hydrogens is 364 g/mol. The van der Waals surface area contributed by atoms with Gasteiger partial charge in [-0.05, 0) is 24.6 Å². The van der Waals surface area contributed by atoms with E-state index in [-0.39, 0.29) is 0 Å². The monoisotopic (exact) mass is 382 g/mol. The number of nitrogens with one attached hydrogen (secondary N) is 3. The summed E-state index contributed by atoms with van der Waals surface area (Å²) in [4.78, 5) is 16.5. The predicted molar refractivity (Wildman–Crippen MR) is 113 cm³/mol. The first-order chi connectivity index (χ1) is 14.3. The summed E-state index contributed by atoms with van der Waals surface area (Å²) in [6, 6.07) is 21.7. The third-order valence-corrected chi connectivity index (χ3v) is 4.50. The minimum absolute atomic E-state index is 0.590. The zero-order valence-electron chi connectivity index (χ0n) is 15.7. The Kier molecular flexibility index (Phi) is 4.14. The van der Waals surface area contributed by atoms with Gasteiger partial charge in [0.1, 0.15) is 6.33 Å². The third kappa shape index (κ3) is 3.39. The number of imidazole rings is 1. The number of nitrogens with zero attached hydrogens (tertiary/aromatic N) is 5. The zero-order valence-corrected chi connectivity index (χ0v) is 15.7. The fourth-order valence-electron chi connectivity index (χ4n) is 3.10.